The SMILES string of the molecule is O=C(Nc1n[nH]c(C(F)(F)F)n1)c1cccc2cn[nH]c12. The average Bonchev–Trinajstić information content (AvgIpc) is 3.05. The van der Waals surface area contributed by atoms with Crippen LogP contribution in [0.15, 0.2) is 24.4 Å². The van der Waals surface area contributed by atoms with Crippen LogP contribution in [0.1, 0.15) is 16.2 Å². The van der Waals surface area contributed by atoms with E-state index in [-0.39, 0.29) is 5.56 Å². The number of H-pyrrole nitrogens is 2. The quantitative estimate of drug-likeness (QED) is 0.673. The highest BCUT2D eigenvalue weighted by molar-refractivity contribution is 6.11. The number of carbonyl (C=O) groups excluding carboxylic acids is 1. The number of para-hydroxylation sites is 1. The average molecular weight is 296 g/mol. The van der Waals surface area contributed by atoms with Crippen LogP contribution in [0.5, 0.6) is 0 Å². The number of nitrogens with zero attached hydrogens (tertiary/aromatic N) is 3. The third-order valence-electron chi connectivity index (χ3n) is 2.70. The number of amides is 1. The number of hydrogen-bond acceptors (Lipinski definition) is 4. The Morgan fingerprint density at radius 2 is 2.05 bits per heavy atom. The fraction of sp³-hybridized carbons (Fsp3) is 0.0909. The first-order valence-electron chi connectivity index (χ1n) is 5.68. The molecule has 0 saturated heterocycles. The van der Waals surface area contributed by atoms with E-state index in [1.165, 1.54) is 12.3 Å². The zero-order chi connectivity index (χ0) is 15.0. The minimum absolute atomic E-state index is 0.225. The van der Waals surface area contributed by atoms with Gasteiger partial charge in [-0.15, -0.1) is 5.10 Å². The number of carbonyl (C=O) groups is 1. The van der Waals surface area contributed by atoms with Gasteiger partial charge >= 0.3 is 6.18 Å². The number of halogens is 3. The molecule has 0 aliphatic carbocycles. The van der Waals surface area contributed by atoms with Crippen LogP contribution in [0.25, 0.3) is 10.9 Å². The molecule has 10 heteroatoms. The molecule has 2 aromatic heterocycles. The Kier molecular flexibility index (Phi) is 2.85. The van der Waals surface area contributed by atoms with E-state index in [4.69, 9.17) is 0 Å². The second kappa shape index (κ2) is 4.58. The van der Waals surface area contributed by atoms with Crippen LogP contribution in [-0.4, -0.2) is 31.3 Å². The molecule has 0 fully saturated rings. The van der Waals surface area contributed by atoms with Gasteiger partial charge in [-0.1, -0.05) is 12.1 Å². The van der Waals surface area contributed by atoms with E-state index in [1.807, 2.05) is 0 Å². The van der Waals surface area contributed by atoms with Crippen LogP contribution >= 0.6 is 0 Å². The second-order valence-corrected chi connectivity index (χ2v) is 4.10. The molecule has 21 heavy (non-hydrogen) atoms. The Balaban J connectivity index is 1.87. The van der Waals surface area contributed by atoms with Gasteiger partial charge in [0.25, 0.3) is 5.91 Å². The van der Waals surface area contributed by atoms with Crippen LogP contribution in [0.3, 0.4) is 0 Å². The number of anilines is 1. The van der Waals surface area contributed by atoms with E-state index in [1.54, 1.807) is 17.2 Å². The molecule has 0 bridgehead atoms. The molecular weight excluding hydrogens is 289 g/mol. The van der Waals surface area contributed by atoms with Crippen molar-refractivity contribution < 1.29 is 18.0 Å². The van der Waals surface area contributed by atoms with Crippen LogP contribution < -0.4 is 5.32 Å². The Bertz CT molecular complexity index is 806. The Labute approximate surface area is 114 Å². The minimum Gasteiger partial charge on any atom is -0.289 e. The molecule has 1 amide bonds. The lowest BCUT2D eigenvalue weighted by atomic mass is 10.1. The summed E-state index contributed by atoms with van der Waals surface area (Å²) in [7, 11) is 0. The molecule has 0 aliphatic heterocycles. The number of aromatic nitrogens is 5. The smallest absolute Gasteiger partial charge is 0.289 e. The molecule has 0 spiro atoms. The Morgan fingerprint density at radius 1 is 1.24 bits per heavy atom. The van der Waals surface area contributed by atoms with Crippen molar-refractivity contribution in [3.8, 4) is 0 Å². The second-order valence-electron chi connectivity index (χ2n) is 4.10. The van der Waals surface area contributed by atoms with Gasteiger partial charge in [-0.25, -0.2) is 0 Å². The molecule has 2 heterocycles. The van der Waals surface area contributed by atoms with Crippen LogP contribution in [0.2, 0.25) is 0 Å². The number of nitrogens with one attached hydrogen (secondary N) is 3. The van der Waals surface area contributed by atoms with E-state index in [0.29, 0.717) is 10.9 Å². The molecule has 0 atom stereocenters. The summed E-state index contributed by atoms with van der Waals surface area (Å²) < 4.78 is 37.1. The van der Waals surface area contributed by atoms with E-state index >= 15 is 0 Å². The summed E-state index contributed by atoms with van der Waals surface area (Å²) in [6.07, 6.45) is -3.12. The molecule has 3 N–H and O–H groups in total. The van der Waals surface area contributed by atoms with Crippen LogP contribution in [0, 0.1) is 0 Å². The monoisotopic (exact) mass is 296 g/mol. The maximum atomic E-state index is 12.4. The highest BCUT2D eigenvalue weighted by atomic mass is 19.4. The van der Waals surface area contributed by atoms with E-state index in [0.717, 1.165) is 0 Å². The molecule has 3 rings (SSSR count). The highest BCUT2D eigenvalue weighted by Gasteiger charge is 2.35. The number of benzene rings is 1. The van der Waals surface area contributed by atoms with Gasteiger partial charge in [-0.05, 0) is 6.07 Å². The molecule has 0 unspecified atom stereocenters. The van der Waals surface area contributed by atoms with Crippen molar-refractivity contribution in [3.63, 3.8) is 0 Å². The van der Waals surface area contributed by atoms with Gasteiger partial charge in [0.1, 0.15) is 0 Å². The lowest BCUT2D eigenvalue weighted by Crippen LogP contribution is -2.14. The molecular formula is C11H7F3N6O. The van der Waals surface area contributed by atoms with Crippen LogP contribution in [0.4, 0.5) is 19.1 Å². The van der Waals surface area contributed by atoms with E-state index in [9.17, 15) is 18.0 Å². The van der Waals surface area contributed by atoms with Gasteiger partial charge in [-0.3, -0.25) is 20.3 Å². The van der Waals surface area contributed by atoms with Crippen LogP contribution in [-0.2, 0) is 6.18 Å². The zero-order valence-corrected chi connectivity index (χ0v) is 10.2. The van der Waals surface area contributed by atoms with Gasteiger partial charge in [0.15, 0.2) is 0 Å². The van der Waals surface area contributed by atoms with Crippen molar-refractivity contribution in [1.82, 2.24) is 25.4 Å². The normalized spacial score (nSPS) is 11.8. The standard InChI is InChI=1S/C11H7F3N6O/c12-11(13,14)9-17-10(20-19-9)16-8(21)6-3-1-2-5-4-15-18-7(5)6/h1-4H,(H,15,18)(H2,16,17,19,20,21). The highest BCUT2D eigenvalue weighted by Crippen LogP contribution is 2.26. The first kappa shape index (κ1) is 13.1. The molecule has 3 aromatic rings. The Hall–Kier alpha value is -2.91. The van der Waals surface area contributed by atoms with Crippen molar-refractivity contribution in [2.24, 2.45) is 0 Å². The largest absolute Gasteiger partial charge is 0.451 e. The maximum absolute atomic E-state index is 12.4. The lowest BCUT2D eigenvalue weighted by molar-refractivity contribution is -0.144. The number of fused-ring (bicyclic) bond motifs is 1. The number of rotatable bonds is 2. The lowest BCUT2D eigenvalue weighted by Gasteiger charge is -2.02. The number of hydrogen-bond donors (Lipinski definition) is 3. The fourth-order valence-corrected chi connectivity index (χ4v) is 1.77. The third kappa shape index (κ3) is 2.42. The fourth-order valence-electron chi connectivity index (χ4n) is 1.77. The molecule has 0 aliphatic rings. The number of aromatic amines is 2. The summed E-state index contributed by atoms with van der Waals surface area (Å²) in [4.78, 5) is 15.2. The Morgan fingerprint density at radius 3 is 2.76 bits per heavy atom. The molecule has 0 radical (unpaired) electrons. The first-order chi connectivity index (χ1) is 9.95. The van der Waals surface area contributed by atoms with Crippen molar-refractivity contribution in [3.05, 3.63) is 35.8 Å². The zero-order valence-electron chi connectivity index (χ0n) is 10.2. The minimum atomic E-state index is -4.65. The summed E-state index contributed by atoms with van der Waals surface area (Å²) in [5.74, 6) is -2.38. The van der Waals surface area contributed by atoms with Gasteiger partial charge < -0.3 is 0 Å². The molecule has 0 saturated carbocycles. The summed E-state index contributed by atoms with van der Waals surface area (Å²) in [6, 6.07) is 4.88. The summed E-state index contributed by atoms with van der Waals surface area (Å²) in [5, 5.41) is 14.4. The van der Waals surface area contributed by atoms with Crippen molar-refractivity contribution in [1.29, 1.82) is 0 Å². The molecule has 7 nitrogen and oxygen atoms in total. The van der Waals surface area contributed by atoms with E-state index in [2.05, 4.69) is 25.6 Å². The van der Waals surface area contributed by atoms with Gasteiger partial charge in [0.2, 0.25) is 11.8 Å². The van der Waals surface area contributed by atoms with Gasteiger partial charge in [-0.2, -0.15) is 23.3 Å². The third-order valence-corrected chi connectivity index (χ3v) is 2.70. The topological polar surface area (TPSA) is 99.3 Å². The predicted molar refractivity (Wildman–Crippen MR) is 65.4 cm³/mol. The summed E-state index contributed by atoms with van der Waals surface area (Å²) in [6.45, 7) is 0. The van der Waals surface area contributed by atoms with Gasteiger partial charge in [0.05, 0.1) is 17.3 Å². The van der Waals surface area contributed by atoms with E-state index < -0.39 is 23.9 Å². The number of alkyl halides is 3. The molecule has 108 valence electrons. The summed E-state index contributed by atoms with van der Waals surface area (Å²) in [5.41, 5.74) is 0.699. The van der Waals surface area contributed by atoms with Gasteiger partial charge in [0, 0.05) is 5.39 Å². The van der Waals surface area contributed by atoms with Crippen molar-refractivity contribution in [2.45, 2.75) is 6.18 Å². The van der Waals surface area contributed by atoms with Crippen molar-refractivity contribution >= 4 is 22.8 Å². The molecule has 1 aromatic carbocycles. The predicted octanol–water partition coefficient (Wildman–Crippen LogP) is 1.95. The summed E-state index contributed by atoms with van der Waals surface area (Å²) >= 11 is 0. The first-order valence-corrected chi connectivity index (χ1v) is 5.68. The maximum Gasteiger partial charge on any atom is 0.451 e. The van der Waals surface area contributed by atoms with Crippen molar-refractivity contribution in [2.75, 3.05) is 5.32 Å².